The van der Waals surface area contributed by atoms with Crippen LogP contribution in [0, 0.1) is 10.1 Å². The number of nitro groups is 1. The molecule has 1 aliphatic rings. The molecule has 1 N–H and O–H groups in total. The van der Waals surface area contributed by atoms with E-state index in [2.05, 4.69) is 11.4 Å². The molecule has 0 aliphatic heterocycles. The van der Waals surface area contributed by atoms with E-state index in [1.54, 1.807) is 13.1 Å². The Morgan fingerprint density at radius 1 is 1.00 bits per heavy atom. The number of ketones is 1. The molecule has 4 rings (SSSR count). The molecule has 0 radical (unpaired) electrons. The molecule has 0 saturated heterocycles. The number of Topliss-reactive ketones (excluding diaryl/α,β-unsaturated/α-hetero) is 1. The standard InChI is InChI=1S/C23H18N2O5/c1-24-20-9-8-17(12-21(20)25(28)29)23(27)30-13-22(26)16-7-6-15-10-14-4-2-3-5-18(14)19(15)11-16/h2-9,11-12,24H,10,13H2,1H3. The normalized spacial score (nSPS) is 11.4. The molecular weight excluding hydrogens is 384 g/mol. The molecule has 0 spiro atoms. The first-order chi connectivity index (χ1) is 14.5. The zero-order valence-corrected chi connectivity index (χ0v) is 16.2. The highest BCUT2D eigenvalue weighted by molar-refractivity contribution is 6.01. The van der Waals surface area contributed by atoms with Gasteiger partial charge in [0.15, 0.2) is 12.4 Å². The van der Waals surface area contributed by atoms with Crippen molar-refractivity contribution in [1.29, 1.82) is 0 Å². The molecule has 0 bridgehead atoms. The predicted octanol–water partition coefficient (Wildman–Crippen LogP) is 4.25. The highest BCUT2D eigenvalue weighted by atomic mass is 16.6. The van der Waals surface area contributed by atoms with Gasteiger partial charge in [0, 0.05) is 18.7 Å². The fraction of sp³-hybridized carbons (Fsp3) is 0.130. The minimum atomic E-state index is -0.791. The number of hydrogen-bond donors (Lipinski definition) is 1. The lowest BCUT2D eigenvalue weighted by atomic mass is 10.0. The van der Waals surface area contributed by atoms with Crippen molar-refractivity contribution in [1.82, 2.24) is 0 Å². The third kappa shape index (κ3) is 3.53. The Balaban J connectivity index is 1.48. The fourth-order valence-corrected chi connectivity index (χ4v) is 3.62. The summed E-state index contributed by atoms with van der Waals surface area (Å²) in [6.07, 6.45) is 0.830. The molecule has 0 saturated carbocycles. The first-order valence-corrected chi connectivity index (χ1v) is 9.35. The van der Waals surface area contributed by atoms with E-state index in [0.717, 1.165) is 29.2 Å². The lowest BCUT2D eigenvalue weighted by molar-refractivity contribution is -0.384. The molecule has 0 fully saturated rings. The van der Waals surface area contributed by atoms with Gasteiger partial charge in [0.2, 0.25) is 0 Å². The van der Waals surface area contributed by atoms with Crippen molar-refractivity contribution in [3.05, 3.63) is 93.0 Å². The summed E-state index contributed by atoms with van der Waals surface area (Å²) in [4.78, 5) is 35.4. The zero-order valence-electron chi connectivity index (χ0n) is 16.2. The van der Waals surface area contributed by atoms with Gasteiger partial charge in [-0.2, -0.15) is 0 Å². The van der Waals surface area contributed by atoms with E-state index < -0.39 is 17.5 Å². The summed E-state index contributed by atoms with van der Waals surface area (Å²) < 4.78 is 5.11. The van der Waals surface area contributed by atoms with Crippen molar-refractivity contribution >= 4 is 23.1 Å². The first-order valence-electron chi connectivity index (χ1n) is 9.35. The van der Waals surface area contributed by atoms with Crippen molar-refractivity contribution in [2.24, 2.45) is 0 Å². The van der Waals surface area contributed by atoms with Gasteiger partial charge in [0.05, 0.1) is 10.5 Å². The van der Waals surface area contributed by atoms with Gasteiger partial charge in [-0.3, -0.25) is 14.9 Å². The number of carbonyl (C=O) groups is 2. The first kappa shape index (κ1) is 19.3. The summed E-state index contributed by atoms with van der Waals surface area (Å²) in [5, 5.41) is 13.8. The van der Waals surface area contributed by atoms with E-state index in [-0.39, 0.29) is 22.7 Å². The Bertz CT molecular complexity index is 1190. The van der Waals surface area contributed by atoms with Crippen LogP contribution >= 0.6 is 0 Å². The van der Waals surface area contributed by atoms with Crippen LogP contribution in [0.3, 0.4) is 0 Å². The number of nitrogens with zero attached hydrogens (tertiary/aromatic N) is 1. The molecule has 1 aliphatic carbocycles. The summed E-state index contributed by atoms with van der Waals surface area (Å²) in [6.45, 7) is -0.444. The monoisotopic (exact) mass is 402 g/mol. The molecule has 3 aromatic carbocycles. The minimum absolute atomic E-state index is 0.0105. The van der Waals surface area contributed by atoms with Gasteiger partial charge < -0.3 is 10.1 Å². The number of rotatable bonds is 6. The Labute approximate surface area is 172 Å². The maximum atomic E-state index is 12.6. The number of benzene rings is 3. The van der Waals surface area contributed by atoms with Crippen LogP contribution in [0.25, 0.3) is 11.1 Å². The van der Waals surface area contributed by atoms with Gasteiger partial charge in [-0.1, -0.05) is 36.4 Å². The summed E-state index contributed by atoms with van der Waals surface area (Å²) in [5.41, 5.74) is 5.00. The van der Waals surface area contributed by atoms with Gasteiger partial charge in [-0.15, -0.1) is 0 Å². The highest BCUT2D eigenvalue weighted by Gasteiger charge is 2.21. The smallest absolute Gasteiger partial charge is 0.338 e. The molecule has 0 unspecified atom stereocenters. The fourth-order valence-electron chi connectivity index (χ4n) is 3.62. The van der Waals surface area contributed by atoms with E-state index >= 15 is 0 Å². The molecule has 0 aromatic heterocycles. The molecule has 7 heteroatoms. The topological polar surface area (TPSA) is 98.5 Å². The predicted molar refractivity (Wildman–Crippen MR) is 112 cm³/mol. The molecule has 0 amide bonds. The summed E-state index contributed by atoms with van der Waals surface area (Å²) >= 11 is 0. The SMILES string of the molecule is CNc1ccc(C(=O)OCC(=O)c2ccc3c(c2)-c2ccccc2C3)cc1[N+](=O)[O-]. The van der Waals surface area contributed by atoms with Gasteiger partial charge in [-0.25, -0.2) is 4.79 Å². The average molecular weight is 402 g/mol. The largest absolute Gasteiger partial charge is 0.454 e. The van der Waals surface area contributed by atoms with Crippen molar-refractivity contribution in [3.63, 3.8) is 0 Å². The molecule has 150 valence electrons. The van der Waals surface area contributed by atoms with E-state index in [1.165, 1.54) is 17.7 Å². The van der Waals surface area contributed by atoms with Gasteiger partial charge in [0.1, 0.15) is 5.69 Å². The maximum absolute atomic E-state index is 12.6. The summed E-state index contributed by atoms with van der Waals surface area (Å²) in [5.74, 6) is -1.13. The van der Waals surface area contributed by atoms with Crippen LogP contribution in [0.1, 0.15) is 31.8 Å². The summed E-state index contributed by atoms with van der Waals surface area (Å²) in [6, 6.07) is 17.5. The van der Waals surface area contributed by atoms with Crippen LogP contribution in [0.5, 0.6) is 0 Å². The van der Waals surface area contributed by atoms with Gasteiger partial charge in [0.25, 0.3) is 5.69 Å². The number of nitro benzene ring substituents is 1. The van der Waals surface area contributed by atoms with E-state index in [9.17, 15) is 19.7 Å². The number of esters is 1. The Morgan fingerprint density at radius 2 is 1.73 bits per heavy atom. The Hall–Kier alpha value is -4.00. The second-order valence-corrected chi connectivity index (χ2v) is 6.94. The highest BCUT2D eigenvalue weighted by Crippen LogP contribution is 2.36. The average Bonchev–Trinajstić information content (AvgIpc) is 3.14. The second kappa shape index (κ2) is 7.79. The van der Waals surface area contributed by atoms with E-state index in [0.29, 0.717) is 5.56 Å². The van der Waals surface area contributed by atoms with Crippen molar-refractivity contribution in [2.75, 3.05) is 19.0 Å². The lowest BCUT2D eigenvalue weighted by Gasteiger charge is -2.08. The van der Waals surface area contributed by atoms with Crippen molar-refractivity contribution < 1.29 is 19.2 Å². The van der Waals surface area contributed by atoms with Crippen LogP contribution in [-0.2, 0) is 11.2 Å². The number of nitrogens with one attached hydrogen (secondary N) is 1. The third-order valence-corrected chi connectivity index (χ3v) is 5.15. The molecule has 0 heterocycles. The maximum Gasteiger partial charge on any atom is 0.338 e. The minimum Gasteiger partial charge on any atom is -0.454 e. The second-order valence-electron chi connectivity index (χ2n) is 6.94. The Kier molecular flexibility index (Phi) is 5.02. The van der Waals surface area contributed by atoms with E-state index in [1.807, 2.05) is 30.3 Å². The zero-order chi connectivity index (χ0) is 21.3. The molecule has 0 atom stereocenters. The van der Waals surface area contributed by atoms with Crippen molar-refractivity contribution in [2.45, 2.75) is 6.42 Å². The number of ether oxygens (including phenoxy) is 1. The molecular formula is C23H18N2O5. The van der Waals surface area contributed by atoms with Crippen LogP contribution in [0.15, 0.2) is 60.7 Å². The molecule has 3 aromatic rings. The van der Waals surface area contributed by atoms with E-state index in [4.69, 9.17) is 4.74 Å². The quantitative estimate of drug-likeness (QED) is 0.224. The van der Waals surface area contributed by atoms with Gasteiger partial charge in [-0.05, 0) is 46.9 Å². The number of fused-ring (bicyclic) bond motifs is 3. The van der Waals surface area contributed by atoms with Crippen molar-refractivity contribution in [3.8, 4) is 11.1 Å². The molecule has 7 nitrogen and oxygen atoms in total. The number of carbonyl (C=O) groups excluding carboxylic acids is 2. The molecule has 30 heavy (non-hydrogen) atoms. The Morgan fingerprint density at radius 3 is 2.50 bits per heavy atom. The van der Waals surface area contributed by atoms with Crippen LogP contribution < -0.4 is 5.32 Å². The third-order valence-electron chi connectivity index (χ3n) is 5.15. The van der Waals surface area contributed by atoms with Crippen LogP contribution in [0.2, 0.25) is 0 Å². The van der Waals surface area contributed by atoms with Gasteiger partial charge >= 0.3 is 5.97 Å². The number of anilines is 1. The summed E-state index contributed by atoms with van der Waals surface area (Å²) in [7, 11) is 1.55. The van der Waals surface area contributed by atoms with Crippen LogP contribution in [-0.4, -0.2) is 30.3 Å². The lowest BCUT2D eigenvalue weighted by Crippen LogP contribution is -2.14. The van der Waals surface area contributed by atoms with Crippen LogP contribution in [0.4, 0.5) is 11.4 Å². The number of hydrogen-bond acceptors (Lipinski definition) is 6.